The lowest BCUT2D eigenvalue weighted by molar-refractivity contribution is -0.123. The van der Waals surface area contributed by atoms with E-state index in [2.05, 4.69) is 6.92 Å². The lowest BCUT2D eigenvalue weighted by atomic mass is 10.0. The number of hydrogen-bond acceptors (Lipinski definition) is 3. The van der Waals surface area contributed by atoms with E-state index in [9.17, 15) is 4.79 Å². The number of benzene rings is 1. The van der Waals surface area contributed by atoms with Crippen molar-refractivity contribution < 1.29 is 9.53 Å². The number of rotatable bonds is 8. The molecule has 0 aliphatic carbocycles. The van der Waals surface area contributed by atoms with Gasteiger partial charge in [0.2, 0.25) is 0 Å². The summed E-state index contributed by atoms with van der Waals surface area (Å²) in [4.78, 5) is 11.7. The Morgan fingerprint density at radius 1 is 1.33 bits per heavy atom. The van der Waals surface area contributed by atoms with Gasteiger partial charge in [0.05, 0.1) is 18.8 Å². The maximum Gasteiger partial charge on any atom is 0.152 e. The van der Waals surface area contributed by atoms with Gasteiger partial charge >= 0.3 is 0 Å². The smallest absolute Gasteiger partial charge is 0.152 e. The fourth-order valence-corrected chi connectivity index (χ4v) is 1.69. The number of nitrogens with two attached hydrogens (primary N) is 1. The SMILES string of the molecule is CCCCC(=O)[C@H](N)[C@H](C)OCc1ccccc1. The zero-order valence-corrected chi connectivity index (χ0v) is 11.3. The van der Waals surface area contributed by atoms with E-state index in [-0.39, 0.29) is 11.9 Å². The summed E-state index contributed by atoms with van der Waals surface area (Å²) in [6.07, 6.45) is 2.22. The Bertz CT molecular complexity index is 351. The molecule has 0 aliphatic rings. The molecule has 0 heterocycles. The van der Waals surface area contributed by atoms with Gasteiger partial charge in [0.25, 0.3) is 0 Å². The molecule has 0 aliphatic heterocycles. The average molecular weight is 249 g/mol. The third-order valence-electron chi connectivity index (χ3n) is 3.01. The van der Waals surface area contributed by atoms with Crippen LogP contribution in [0.1, 0.15) is 38.7 Å². The fourth-order valence-electron chi connectivity index (χ4n) is 1.69. The van der Waals surface area contributed by atoms with Crippen LogP contribution in [-0.2, 0) is 16.1 Å². The minimum atomic E-state index is -0.514. The van der Waals surface area contributed by atoms with Gasteiger partial charge in [-0.3, -0.25) is 4.79 Å². The van der Waals surface area contributed by atoms with Crippen LogP contribution in [0.15, 0.2) is 30.3 Å². The van der Waals surface area contributed by atoms with Crippen LogP contribution in [-0.4, -0.2) is 17.9 Å². The third kappa shape index (κ3) is 4.98. The number of carbonyl (C=O) groups is 1. The van der Waals surface area contributed by atoms with Crippen molar-refractivity contribution in [2.24, 2.45) is 5.73 Å². The molecule has 3 nitrogen and oxygen atoms in total. The molecule has 0 saturated heterocycles. The van der Waals surface area contributed by atoms with Crippen LogP contribution >= 0.6 is 0 Å². The molecule has 0 amide bonds. The van der Waals surface area contributed by atoms with Crippen LogP contribution in [0.25, 0.3) is 0 Å². The lowest BCUT2D eigenvalue weighted by Crippen LogP contribution is -2.41. The van der Waals surface area contributed by atoms with Crippen molar-refractivity contribution in [2.45, 2.75) is 51.9 Å². The summed E-state index contributed by atoms with van der Waals surface area (Å²) < 4.78 is 5.65. The van der Waals surface area contributed by atoms with Crippen LogP contribution in [0.5, 0.6) is 0 Å². The minimum absolute atomic E-state index is 0.0948. The van der Waals surface area contributed by atoms with Gasteiger partial charge in [0.1, 0.15) is 0 Å². The van der Waals surface area contributed by atoms with E-state index in [0.29, 0.717) is 13.0 Å². The number of hydrogen-bond donors (Lipinski definition) is 1. The first-order valence-corrected chi connectivity index (χ1v) is 6.59. The van der Waals surface area contributed by atoms with E-state index in [1.807, 2.05) is 37.3 Å². The van der Waals surface area contributed by atoms with Gasteiger partial charge in [-0.15, -0.1) is 0 Å². The molecular weight excluding hydrogens is 226 g/mol. The summed E-state index contributed by atoms with van der Waals surface area (Å²) >= 11 is 0. The average Bonchev–Trinajstić information content (AvgIpc) is 2.42. The second kappa shape index (κ2) is 8.01. The summed E-state index contributed by atoms with van der Waals surface area (Å²) in [6.45, 7) is 4.42. The van der Waals surface area contributed by atoms with Gasteiger partial charge in [0, 0.05) is 6.42 Å². The highest BCUT2D eigenvalue weighted by molar-refractivity contribution is 5.84. The molecule has 1 rings (SSSR count). The Morgan fingerprint density at radius 2 is 2.00 bits per heavy atom. The summed E-state index contributed by atoms with van der Waals surface area (Å²) in [6, 6.07) is 9.38. The minimum Gasteiger partial charge on any atom is -0.372 e. The van der Waals surface area contributed by atoms with Crippen molar-refractivity contribution in [1.29, 1.82) is 0 Å². The van der Waals surface area contributed by atoms with Crippen LogP contribution in [0, 0.1) is 0 Å². The van der Waals surface area contributed by atoms with Gasteiger partial charge < -0.3 is 10.5 Å². The van der Waals surface area contributed by atoms with Crippen molar-refractivity contribution in [3.63, 3.8) is 0 Å². The van der Waals surface area contributed by atoms with Crippen LogP contribution in [0.4, 0.5) is 0 Å². The standard InChI is InChI=1S/C15H23NO2/c1-3-4-10-14(17)15(16)12(2)18-11-13-8-6-5-7-9-13/h5-9,12,15H,3-4,10-11,16H2,1-2H3/t12-,15+/m0/s1. The summed E-state index contributed by atoms with van der Waals surface area (Å²) in [5.74, 6) is 0.0948. The molecule has 1 aromatic carbocycles. The topological polar surface area (TPSA) is 52.3 Å². The van der Waals surface area contributed by atoms with Crippen molar-refractivity contribution >= 4 is 5.78 Å². The zero-order valence-electron chi connectivity index (χ0n) is 11.3. The molecule has 0 fully saturated rings. The molecule has 18 heavy (non-hydrogen) atoms. The van der Waals surface area contributed by atoms with E-state index < -0.39 is 6.04 Å². The Balaban J connectivity index is 2.35. The monoisotopic (exact) mass is 249 g/mol. The maximum atomic E-state index is 11.7. The number of ether oxygens (including phenoxy) is 1. The van der Waals surface area contributed by atoms with E-state index >= 15 is 0 Å². The van der Waals surface area contributed by atoms with Crippen LogP contribution in [0.3, 0.4) is 0 Å². The second-order valence-electron chi connectivity index (χ2n) is 4.60. The second-order valence-corrected chi connectivity index (χ2v) is 4.60. The Morgan fingerprint density at radius 3 is 2.61 bits per heavy atom. The Hall–Kier alpha value is -1.19. The van der Waals surface area contributed by atoms with E-state index in [1.165, 1.54) is 0 Å². The van der Waals surface area contributed by atoms with E-state index in [1.54, 1.807) is 0 Å². The first-order valence-electron chi connectivity index (χ1n) is 6.59. The molecule has 1 aromatic rings. The molecule has 0 unspecified atom stereocenters. The predicted molar refractivity (Wildman–Crippen MR) is 73.2 cm³/mol. The third-order valence-corrected chi connectivity index (χ3v) is 3.01. The molecule has 2 atom stereocenters. The Kier molecular flexibility index (Phi) is 6.61. The number of carbonyl (C=O) groups excluding carboxylic acids is 1. The van der Waals surface area contributed by atoms with Gasteiger partial charge in [-0.1, -0.05) is 43.7 Å². The quantitative estimate of drug-likeness (QED) is 0.770. The molecule has 0 saturated carbocycles. The van der Waals surface area contributed by atoms with Crippen LogP contribution in [0.2, 0.25) is 0 Å². The summed E-state index contributed by atoms with van der Waals surface area (Å²) in [7, 11) is 0. The fraction of sp³-hybridized carbons (Fsp3) is 0.533. The zero-order chi connectivity index (χ0) is 13.4. The van der Waals surface area contributed by atoms with Gasteiger partial charge in [-0.25, -0.2) is 0 Å². The first-order chi connectivity index (χ1) is 8.65. The van der Waals surface area contributed by atoms with Crippen molar-refractivity contribution in [2.75, 3.05) is 0 Å². The molecule has 100 valence electrons. The molecule has 0 bridgehead atoms. The van der Waals surface area contributed by atoms with Crippen molar-refractivity contribution in [1.82, 2.24) is 0 Å². The highest BCUT2D eigenvalue weighted by atomic mass is 16.5. The van der Waals surface area contributed by atoms with Crippen molar-refractivity contribution in [3.8, 4) is 0 Å². The number of unbranched alkanes of at least 4 members (excludes halogenated alkanes) is 1. The molecule has 2 N–H and O–H groups in total. The summed E-state index contributed by atoms with van der Waals surface area (Å²) in [5.41, 5.74) is 6.99. The highest BCUT2D eigenvalue weighted by Gasteiger charge is 2.20. The molecule has 0 radical (unpaired) electrons. The van der Waals surface area contributed by atoms with Gasteiger partial charge in [-0.05, 0) is 18.9 Å². The largest absolute Gasteiger partial charge is 0.372 e. The van der Waals surface area contributed by atoms with Crippen LogP contribution < -0.4 is 5.73 Å². The maximum absolute atomic E-state index is 11.7. The molecule has 0 aromatic heterocycles. The van der Waals surface area contributed by atoms with Gasteiger partial charge in [0.15, 0.2) is 5.78 Å². The summed E-state index contributed by atoms with van der Waals surface area (Å²) in [5, 5.41) is 0. The normalized spacial score (nSPS) is 14.2. The molecular formula is C15H23NO2. The first kappa shape index (κ1) is 14.9. The van der Waals surface area contributed by atoms with E-state index in [0.717, 1.165) is 18.4 Å². The molecule has 0 spiro atoms. The van der Waals surface area contributed by atoms with Gasteiger partial charge in [-0.2, -0.15) is 0 Å². The number of Topliss-reactive ketones (excluding diaryl/α,β-unsaturated/α-hetero) is 1. The molecule has 3 heteroatoms. The lowest BCUT2D eigenvalue weighted by Gasteiger charge is -2.19. The number of ketones is 1. The highest BCUT2D eigenvalue weighted by Crippen LogP contribution is 2.08. The Labute approximate surface area is 109 Å². The predicted octanol–water partition coefficient (Wildman–Crippen LogP) is 2.68. The van der Waals surface area contributed by atoms with E-state index in [4.69, 9.17) is 10.5 Å². The van der Waals surface area contributed by atoms with Crippen molar-refractivity contribution in [3.05, 3.63) is 35.9 Å².